The van der Waals surface area contributed by atoms with Crippen LogP contribution in [-0.2, 0) is 44.7 Å². The maximum absolute atomic E-state index is 13.7. The average molecular weight is 891 g/mol. The number of carbonyl (C=O) groups excluding carboxylic acids is 7. The van der Waals surface area contributed by atoms with Gasteiger partial charge in [0.1, 0.15) is 18.2 Å². The number of methoxy groups -OCH3 is 1. The molecule has 64 heavy (non-hydrogen) atoms. The Morgan fingerprint density at radius 2 is 1.58 bits per heavy atom. The fourth-order valence-corrected chi connectivity index (χ4v) is 7.27. The number of aliphatic hydroxyl groups excluding tert-OH is 4. The molecule has 1 aromatic heterocycles. The third-order valence-electron chi connectivity index (χ3n) is 10.7. The van der Waals surface area contributed by atoms with Crippen LogP contribution in [0.4, 0.5) is 0 Å². The monoisotopic (exact) mass is 890 g/mol. The van der Waals surface area contributed by atoms with E-state index in [0.717, 1.165) is 28.5 Å². The van der Waals surface area contributed by atoms with Crippen molar-refractivity contribution >= 4 is 58.3 Å². The fourth-order valence-electron chi connectivity index (χ4n) is 7.27. The van der Waals surface area contributed by atoms with Crippen molar-refractivity contribution in [3.8, 4) is 0 Å². The number of carbonyl (C=O) groups is 7. The molecule has 21 nitrogen and oxygen atoms in total. The first kappa shape index (κ1) is 48.5. The molecule has 5 rings (SSSR count). The summed E-state index contributed by atoms with van der Waals surface area (Å²) in [6, 6.07) is 11.4. The summed E-state index contributed by atoms with van der Waals surface area (Å²) < 4.78 is 5.22. The Hall–Kier alpha value is -6.49. The number of rotatable bonds is 9. The Kier molecular flexibility index (Phi) is 16.9. The van der Waals surface area contributed by atoms with Crippen LogP contribution in [0, 0.1) is 0 Å². The minimum atomic E-state index is -2.60. The van der Waals surface area contributed by atoms with E-state index in [4.69, 9.17) is 4.74 Å². The molecule has 0 bridgehead atoms. The molecule has 3 aromatic rings. The molecule has 2 aromatic carbocycles. The molecule has 0 saturated carbocycles. The topological polar surface area (TPSA) is 321 Å². The number of nitrogens with one attached hydrogen (secondary N) is 7. The van der Waals surface area contributed by atoms with Gasteiger partial charge < -0.3 is 72.1 Å². The molecular formula is C43H54N8O13. The number of aromatic amines is 1. The lowest BCUT2D eigenvalue weighted by Crippen LogP contribution is -2.64. The van der Waals surface area contributed by atoms with Crippen LogP contribution < -0.4 is 31.9 Å². The Bertz CT molecular complexity index is 2220. The van der Waals surface area contributed by atoms with Gasteiger partial charge in [0, 0.05) is 44.2 Å². The summed E-state index contributed by atoms with van der Waals surface area (Å²) in [7, 11) is 2.28. The van der Waals surface area contributed by atoms with Crippen molar-refractivity contribution < 1.29 is 63.8 Å². The van der Waals surface area contributed by atoms with Crippen molar-refractivity contribution in [2.75, 3.05) is 33.8 Å². The Balaban J connectivity index is 1.39. The molecule has 7 amide bonds. The summed E-state index contributed by atoms with van der Waals surface area (Å²) in [5, 5.41) is 70.8. The zero-order valence-electron chi connectivity index (χ0n) is 35.1. The fraction of sp³-hybridized carbons (Fsp3) is 0.419. The van der Waals surface area contributed by atoms with E-state index in [0.29, 0.717) is 5.56 Å². The average Bonchev–Trinajstić information content (AvgIpc) is 3.78. The van der Waals surface area contributed by atoms with E-state index < -0.39 is 128 Å². The van der Waals surface area contributed by atoms with Gasteiger partial charge in [-0.2, -0.15) is 0 Å². The molecule has 2 saturated heterocycles. The van der Waals surface area contributed by atoms with Crippen LogP contribution in [0.3, 0.4) is 0 Å². The third-order valence-corrected chi connectivity index (χ3v) is 10.7. The number of para-hydroxylation sites is 1. The van der Waals surface area contributed by atoms with Crippen molar-refractivity contribution in [1.29, 1.82) is 0 Å². The molecule has 9 atom stereocenters. The van der Waals surface area contributed by atoms with Crippen LogP contribution in [0.25, 0.3) is 17.0 Å². The number of amides is 7. The second kappa shape index (κ2) is 22.2. The quantitative estimate of drug-likeness (QED) is 0.0934. The number of hydrogen-bond acceptors (Lipinski definition) is 13. The highest BCUT2D eigenvalue weighted by molar-refractivity contribution is 5.94. The molecular weight excluding hydrogens is 837 g/mol. The number of allylic oxidation sites excluding steroid dienone is 2. The van der Waals surface area contributed by atoms with Gasteiger partial charge in [-0.1, -0.05) is 72.8 Å². The summed E-state index contributed by atoms with van der Waals surface area (Å²) in [5.41, 5.74) is -0.311. The largest absolute Gasteiger partial charge is 0.391 e. The molecule has 0 aliphatic carbocycles. The van der Waals surface area contributed by atoms with Gasteiger partial charge in [-0.3, -0.25) is 33.6 Å². The normalized spacial score (nSPS) is 27.3. The highest BCUT2D eigenvalue weighted by Crippen LogP contribution is 2.26. The van der Waals surface area contributed by atoms with Crippen LogP contribution >= 0.6 is 0 Å². The molecule has 0 radical (unpaired) electrons. The van der Waals surface area contributed by atoms with Crippen molar-refractivity contribution in [3.63, 3.8) is 0 Å². The van der Waals surface area contributed by atoms with Crippen molar-refractivity contribution in [1.82, 2.24) is 41.8 Å². The second-order valence-electron chi connectivity index (χ2n) is 15.6. The highest BCUT2D eigenvalue weighted by Gasteiger charge is 2.55. The number of likely N-dealkylation sites (N-methyl/N-ethyl adjacent to an activating group) is 1. The molecule has 344 valence electrons. The van der Waals surface area contributed by atoms with Crippen LogP contribution in [0.15, 0.2) is 79.0 Å². The maximum atomic E-state index is 13.7. The van der Waals surface area contributed by atoms with Crippen LogP contribution in [-0.4, -0.2) is 165 Å². The second-order valence-corrected chi connectivity index (χ2v) is 15.6. The number of nitrogens with zero attached hydrogens (tertiary/aromatic N) is 1. The van der Waals surface area contributed by atoms with Gasteiger partial charge in [0.15, 0.2) is 17.9 Å². The highest BCUT2D eigenvalue weighted by atomic mass is 16.5. The van der Waals surface area contributed by atoms with E-state index in [9.17, 15) is 59.1 Å². The predicted octanol–water partition coefficient (Wildman–Crippen LogP) is -3.41. The number of aromatic nitrogens is 1. The van der Waals surface area contributed by atoms with Crippen LogP contribution in [0.5, 0.6) is 0 Å². The van der Waals surface area contributed by atoms with Crippen molar-refractivity contribution in [3.05, 3.63) is 90.1 Å². The van der Waals surface area contributed by atoms with Gasteiger partial charge in [0.25, 0.3) is 11.8 Å². The SMILES string of the molecule is CO[C@H]1C(=O)N[C@]2(O)CC(=O)N(C)CC(=O)N[C@H](Cc3c[nH]c4ccccc34)C(=O)NCC(=O)NC[C@@H](O)CC(=O)N[C@H]([C@H](O)[C@@H](O)C/C=C/C=C/c3ccccc3)[C@H](O)C(=O)N[C@@H]12. The Morgan fingerprint density at radius 3 is 2.31 bits per heavy atom. The molecule has 2 aliphatic heterocycles. The number of β-amino-alcohol motifs (C(OH)–C–C–N with tert-alkyl or cyclic N) is 1. The molecule has 21 heteroatoms. The number of fused-ring (bicyclic) bond motifs is 2. The number of benzene rings is 2. The van der Waals surface area contributed by atoms with Gasteiger partial charge in [-0.05, 0) is 23.6 Å². The lowest BCUT2D eigenvalue weighted by atomic mass is 9.95. The van der Waals surface area contributed by atoms with Gasteiger partial charge >= 0.3 is 0 Å². The van der Waals surface area contributed by atoms with E-state index in [1.54, 1.807) is 42.6 Å². The number of aliphatic hydroxyl groups is 5. The Labute approximate surface area is 367 Å². The number of hydrogen-bond donors (Lipinski definition) is 12. The minimum Gasteiger partial charge on any atom is -0.391 e. The summed E-state index contributed by atoms with van der Waals surface area (Å²) >= 11 is 0. The zero-order chi connectivity index (χ0) is 46.6. The third kappa shape index (κ3) is 12.8. The lowest BCUT2D eigenvalue weighted by molar-refractivity contribution is -0.146. The lowest BCUT2D eigenvalue weighted by Gasteiger charge is -2.34. The van der Waals surface area contributed by atoms with E-state index in [-0.39, 0.29) is 12.8 Å². The van der Waals surface area contributed by atoms with Crippen molar-refractivity contribution in [2.24, 2.45) is 0 Å². The molecule has 3 heterocycles. The van der Waals surface area contributed by atoms with E-state index in [1.165, 1.54) is 13.1 Å². The maximum Gasteiger partial charge on any atom is 0.253 e. The molecule has 12 N–H and O–H groups in total. The zero-order valence-corrected chi connectivity index (χ0v) is 35.1. The Morgan fingerprint density at radius 1 is 0.859 bits per heavy atom. The van der Waals surface area contributed by atoms with Gasteiger partial charge in [0.05, 0.1) is 44.2 Å². The summed E-state index contributed by atoms with van der Waals surface area (Å²) in [5.74, 6) is -6.74. The minimum absolute atomic E-state index is 0.0539. The van der Waals surface area contributed by atoms with Gasteiger partial charge in [-0.15, -0.1) is 0 Å². The van der Waals surface area contributed by atoms with Crippen molar-refractivity contribution in [2.45, 2.75) is 80.1 Å². The van der Waals surface area contributed by atoms with Crippen LogP contribution in [0.1, 0.15) is 30.4 Å². The van der Waals surface area contributed by atoms with Crippen LogP contribution in [0.2, 0.25) is 0 Å². The number of ether oxygens (including phenoxy) is 1. The summed E-state index contributed by atoms with van der Waals surface area (Å²) in [4.78, 5) is 97.2. The predicted molar refractivity (Wildman–Crippen MR) is 228 cm³/mol. The first-order chi connectivity index (χ1) is 30.5. The summed E-state index contributed by atoms with van der Waals surface area (Å²) in [6.45, 7) is -1.80. The standard InChI is InChI=1S/C43H54N8O13/c1-51-23-33(56)47-29(17-25-20-44-28-15-10-9-14-27(25)28)40(60)46-22-32(55)45-21-26(52)18-31(54)48-35(36(58)30(53)16-8-4-7-13-24-11-5-3-6-12-24)37(59)41(61)49-39-38(64-2)42(62)50-43(39,63)19-34(51)57/h3-15,20,26,29-30,35-39,44,52-53,58-59,63H,16-19,21-23H2,1-2H3,(H,45,55)(H,46,60)(H,47,56)(H,48,54)(H,49,61)(H,50,62)/b8-4+,13-7+/t26-,29+,30-,35+,36+,37-,38+,39-,43-/m0/s1. The molecule has 2 aliphatic rings. The van der Waals surface area contributed by atoms with E-state index in [2.05, 4.69) is 36.9 Å². The molecule has 0 spiro atoms. The first-order valence-electron chi connectivity index (χ1n) is 20.4. The smallest absolute Gasteiger partial charge is 0.253 e. The molecule has 0 unspecified atom stereocenters. The first-order valence-corrected chi connectivity index (χ1v) is 20.4. The van der Waals surface area contributed by atoms with E-state index in [1.807, 2.05) is 36.4 Å². The van der Waals surface area contributed by atoms with Gasteiger partial charge in [0.2, 0.25) is 29.5 Å². The van der Waals surface area contributed by atoms with Gasteiger partial charge in [-0.25, -0.2) is 0 Å². The summed E-state index contributed by atoms with van der Waals surface area (Å²) in [6.07, 6.45) is -3.25. The molecule has 2 fully saturated rings. The number of H-pyrrole nitrogens is 1. The van der Waals surface area contributed by atoms with E-state index >= 15 is 0 Å².